The highest BCUT2D eigenvalue weighted by Gasteiger charge is 2.53. The van der Waals surface area contributed by atoms with Gasteiger partial charge in [-0.3, -0.25) is 4.98 Å². The van der Waals surface area contributed by atoms with Crippen LogP contribution in [0.1, 0.15) is 53.7 Å². The Morgan fingerprint density at radius 2 is 1.80 bits per heavy atom. The van der Waals surface area contributed by atoms with Gasteiger partial charge >= 0.3 is 7.12 Å². The largest absolute Gasteiger partial charge is 0.496 e. The molecule has 0 spiro atoms. The first-order valence-corrected chi connectivity index (χ1v) is 7.14. The summed E-state index contributed by atoms with van der Waals surface area (Å²) in [5.74, 6) is 0. The van der Waals surface area contributed by atoms with Gasteiger partial charge in [0, 0.05) is 11.7 Å². The van der Waals surface area contributed by atoms with Crippen LogP contribution in [0, 0.1) is 0 Å². The normalized spacial score (nSPS) is 23.6. The summed E-state index contributed by atoms with van der Waals surface area (Å²) in [6.07, 6.45) is 2.27. The first kappa shape index (κ1) is 15.5. The van der Waals surface area contributed by atoms with Gasteiger partial charge in [0.1, 0.15) is 5.60 Å². The maximum absolute atomic E-state index is 10.5. The molecule has 20 heavy (non-hydrogen) atoms. The Hall–Kier alpha value is -0.905. The van der Waals surface area contributed by atoms with Crippen molar-refractivity contribution in [3.63, 3.8) is 0 Å². The predicted molar refractivity (Wildman–Crippen MR) is 79.8 cm³/mol. The molecule has 0 bridgehead atoms. The molecule has 0 saturated carbocycles. The molecule has 1 saturated heterocycles. The third kappa shape index (κ3) is 2.50. The summed E-state index contributed by atoms with van der Waals surface area (Å²) in [7, 11) is -0.498. The molecule has 1 N–H and O–H groups in total. The first-order valence-electron chi connectivity index (χ1n) is 7.14. The van der Waals surface area contributed by atoms with Crippen LogP contribution in [0.4, 0.5) is 0 Å². The standard InChI is InChI=1S/C15H24BNO3/c1-7-15(6,18)12-11(9-8-10-17-12)16-19-13(2,3)14(4,5)20-16/h8-10,18H,7H2,1-6H3. The van der Waals surface area contributed by atoms with Crippen LogP contribution in [-0.2, 0) is 14.9 Å². The van der Waals surface area contributed by atoms with Crippen molar-refractivity contribution in [2.24, 2.45) is 0 Å². The molecule has 1 unspecified atom stereocenters. The van der Waals surface area contributed by atoms with Crippen LogP contribution in [-0.4, -0.2) is 28.4 Å². The average Bonchev–Trinajstić information content (AvgIpc) is 2.58. The fraction of sp³-hybridized carbons (Fsp3) is 0.667. The van der Waals surface area contributed by atoms with Crippen LogP contribution < -0.4 is 5.46 Å². The Kier molecular flexibility index (Phi) is 3.74. The monoisotopic (exact) mass is 277 g/mol. The molecular weight excluding hydrogens is 253 g/mol. The Bertz CT molecular complexity index is 484. The maximum atomic E-state index is 10.5. The summed E-state index contributed by atoms with van der Waals surface area (Å²) >= 11 is 0. The minimum Gasteiger partial charge on any atom is -0.399 e. The zero-order valence-electron chi connectivity index (χ0n) is 13.2. The van der Waals surface area contributed by atoms with Crippen molar-refractivity contribution < 1.29 is 14.4 Å². The van der Waals surface area contributed by atoms with Gasteiger partial charge in [0.25, 0.3) is 0 Å². The Balaban J connectivity index is 2.41. The molecule has 2 rings (SSSR count). The molecular formula is C15H24BNO3. The van der Waals surface area contributed by atoms with Gasteiger partial charge in [0.15, 0.2) is 0 Å². The molecule has 1 aromatic rings. The number of hydrogen-bond donors (Lipinski definition) is 1. The number of rotatable bonds is 3. The lowest BCUT2D eigenvalue weighted by atomic mass is 9.74. The Morgan fingerprint density at radius 1 is 1.25 bits per heavy atom. The van der Waals surface area contributed by atoms with E-state index in [9.17, 15) is 5.11 Å². The lowest BCUT2D eigenvalue weighted by Gasteiger charge is -2.32. The van der Waals surface area contributed by atoms with E-state index < -0.39 is 23.9 Å². The Labute approximate surface area is 121 Å². The first-order chi connectivity index (χ1) is 9.11. The van der Waals surface area contributed by atoms with E-state index in [0.29, 0.717) is 12.1 Å². The van der Waals surface area contributed by atoms with Crippen LogP contribution in [0.15, 0.2) is 18.3 Å². The molecule has 5 heteroatoms. The SMILES string of the molecule is CCC(C)(O)c1ncccc1B1OC(C)(C)C(C)(C)O1. The maximum Gasteiger partial charge on any atom is 0.496 e. The molecule has 0 aromatic carbocycles. The smallest absolute Gasteiger partial charge is 0.399 e. The van der Waals surface area contributed by atoms with Gasteiger partial charge in [0.2, 0.25) is 0 Å². The van der Waals surface area contributed by atoms with Gasteiger partial charge < -0.3 is 14.4 Å². The molecule has 1 aromatic heterocycles. The van der Waals surface area contributed by atoms with Crippen molar-refractivity contribution in [1.82, 2.24) is 4.98 Å². The Morgan fingerprint density at radius 3 is 2.30 bits per heavy atom. The average molecular weight is 277 g/mol. The summed E-state index contributed by atoms with van der Waals surface area (Å²) in [5.41, 5.74) is -0.356. The number of pyridine rings is 1. The van der Waals surface area contributed by atoms with Gasteiger partial charge in [0.05, 0.1) is 16.9 Å². The summed E-state index contributed by atoms with van der Waals surface area (Å²) in [5, 5.41) is 10.5. The van der Waals surface area contributed by atoms with E-state index in [-0.39, 0.29) is 0 Å². The molecule has 0 aliphatic carbocycles. The molecule has 0 amide bonds. The number of hydrogen-bond acceptors (Lipinski definition) is 4. The zero-order valence-corrected chi connectivity index (χ0v) is 13.2. The topological polar surface area (TPSA) is 51.6 Å². The zero-order chi connectivity index (χ0) is 15.2. The summed E-state index contributed by atoms with van der Waals surface area (Å²) in [4.78, 5) is 4.35. The van der Waals surface area contributed by atoms with Gasteiger partial charge in [-0.1, -0.05) is 13.0 Å². The number of nitrogens with zero attached hydrogens (tertiary/aromatic N) is 1. The van der Waals surface area contributed by atoms with E-state index >= 15 is 0 Å². The minimum atomic E-state index is -0.986. The van der Waals surface area contributed by atoms with E-state index in [4.69, 9.17) is 9.31 Å². The lowest BCUT2D eigenvalue weighted by molar-refractivity contribution is 0.00578. The van der Waals surface area contributed by atoms with E-state index in [1.165, 1.54) is 0 Å². The van der Waals surface area contributed by atoms with Crippen molar-refractivity contribution >= 4 is 12.6 Å². The number of aliphatic hydroxyl groups is 1. The van der Waals surface area contributed by atoms with Crippen molar-refractivity contribution in [3.8, 4) is 0 Å². The fourth-order valence-corrected chi connectivity index (χ4v) is 2.20. The van der Waals surface area contributed by atoms with E-state index in [1.807, 2.05) is 46.8 Å². The van der Waals surface area contributed by atoms with Gasteiger partial charge in [-0.2, -0.15) is 0 Å². The molecule has 4 nitrogen and oxygen atoms in total. The van der Waals surface area contributed by atoms with Crippen molar-refractivity contribution in [3.05, 3.63) is 24.0 Å². The van der Waals surface area contributed by atoms with Crippen molar-refractivity contribution in [1.29, 1.82) is 0 Å². The summed E-state index contributed by atoms with van der Waals surface area (Å²) in [6.45, 7) is 11.8. The molecule has 1 fully saturated rings. The highest BCUT2D eigenvalue weighted by Crippen LogP contribution is 2.37. The van der Waals surface area contributed by atoms with Crippen molar-refractivity contribution in [2.45, 2.75) is 64.8 Å². The molecule has 2 heterocycles. The van der Waals surface area contributed by atoms with Crippen LogP contribution in [0.5, 0.6) is 0 Å². The molecule has 110 valence electrons. The number of aromatic nitrogens is 1. The molecule has 0 radical (unpaired) electrons. The third-order valence-electron chi connectivity index (χ3n) is 4.54. The highest BCUT2D eigenvalue weighted by molar-refractivity contribution is 6.62. The van der Waals surface area contributed by atoms with Gasteiger partial charge in [-0.15, -0.1) is 0 Å². The van der Waals surface area contributed by atoms with Crippen LogP contribution in [0.25, 0.3) is 0 Å². The predicted octanol–water partition coefficient (Wildman–Crippen LogP) is 2.00. The van der Waals surface area contributed by atoms with Crippen LogP contribution in [0.3, 0.4) is 0 Å². The van der Waals surface area contributed by atoms with Crippen LogP contribution >= 0.6 is 0 Å². The van der Waals surface area contributed by atoms with E-state index in [1.54, 1.807) is 13.1 Å². The summed E-state index contributed by atoms with van der Waals surface area (Å²) < 4.78 is 12.1. The van der Waals surface area contributed by atoms with E-state index in [0.717, 1.165) is 5.46 Å². The highest BCUT2D eigenvalue weighted by atomic mass is 16.7. The second-order valence-corrected chi connectivity index (χ2v) is 6.66. The van der Waals surface area contributed by atoms with Gasteiger partial charge in [-0.05, 0) is 47.1 Å². The minimum absolute atomic E-state index is 0.400. The molecule has 1 atom stereocenters. The second-order valence-electron chi connectivity index (χ2n) is 6.66. The fourth-order valence-electron chi connectivity index (χ4n) is 2.20. The molecule has 1 aliphatic rings. The van der Waals surface area contributed by atoms with E-state index in [2.05, 4.69) is 4.98 Å². The lowest BCUT2D eigenvalue weighted by Crippen LogP contribution is -2.42. The summed E-state index contributed by atoms with van der Waals surface area (Å²) in [6, 6.07) is 3.75. The second kappa shape index (κ2) is 4.83. The third-order valence-corrected chi connectivity index (χ3v) is 4.54. The van der Waals surface area contributed by atoms with Crippen LogP contribution in [0.2, 0.25) is 0 Å². The molecule has 1 aliphatic heterocycles. The quantitative estimate of drug-likeness (QED) is 0.858. The van der Waals surface area contributed by atoms with Gasteiger partial charge in [-0.25, -0.2) is 0 Å². The van der Waals surface area contributed by atoms with Crippen molar-refractivity contribution in [2.75, 3.05) is 0 Å².